The molecule has 0 unspecified atom stereocenters. The van der Waals surface area contributed by atoms with E-state index in [9.17, 15) is 14.4 Å². The van der Waals surface area contributed by atoms with Gasteiger partial charge < -0.3 is 14.2 Å². The number of ether oxygens (including phenoxy) is 3. The van der Waals surface area contributed by atoms with E-state index >= 15 is 0 Å². The topological polar surface area (TPSA) is 78.9 Å². The fourth-order valence-corrected chi connectivity index (χ4v) is 8.34. The maximum atomic E-state index is 12.8. The first-order valence-corrected chi connectivity index (χ1v) is 27.2. The molecule has 0 aromatic carbocycles. The highest BCUT2D eigenvalue weighted by Crippen LogP contribution is 2.18. The second-order valence-corrected chi connectivity index (χ2v) is 19.8. The summed E-state index contributed by atoms with van der Waals surface area (Å²) in [5, 5.41) is 0. The minimum atomic E-state index is -0.761. The van der Waals surface area contributed by atoms with E-state index < -0.39 is 6.10 Å². The average molecular weight is 863 g/mol. The lowest BCUT2D eigenvalue weighted by molar-refractivity contribution is -0.167. The number of unbranched alkanes of at least 4 members (excludes halogenated alkanes) is 34. The van der Waals surface area contributed by atoms with Gasteiger partial charge in [0.1, 0.15) is 13.2 Å². The minimum absolute atomic E-state index is 0.0637. The summed E-state index contributed by atoms with van der Waals surface area (Å²) >= 11 is 0. The predicted octanol–water partition coefficient (Wildman–Crippen LogP) is 17.7. The molecule has 0 saturated heterocycles. The molecule has 0 aliphatic rings. The molecule has 61 heavy (non-hydrogen) atoms. The van der Waals surface area contributed by atoms with Gasteiger partial charge in [-0.15, -0.1) is 0 Å². The lowest BCUT2D eigenvalue weighted by atomic mass is 10.0. The molecular formula is C55H106O6. The molecule has 0 saturated carbocycles. The minimum Gasteiger partial charge on any atom is -0.462 e. The first-order valence-electron chi connectivity index (χ1n) is 27.2. The normalized spacial score (nSPS) is 12.0. The van der Waals surface area contributed by atoms with Gasteiger partial charge in [0.15, 0.2) is 6.10 Å². The van der Waals surface area contributed by atoms with Gasteiger partial charge in [0.25, 0.3) is 0 Å². The molecular weight excluding hydrogens is 757 g/mol. The Morgan fingerprint density at radius 2 is 0.541 bits per heavy atom. The lowest BCUT2D eigenvalue weighted by Gasteiger charge is -2.18. The summed E-state index contributed by atoms with van der Waals surface area (Å²) in [7, 11) is 0. The number of hydrogen-bond donors (Lipinski definition) is 0. The van der Waals surface area contributed by atoms with Gasteiger partial charge in [0, 0.05) is 19.3 Å². The van der Waals surface area contributed by atoms with Crippen LogP contribution in [0.15, 0.2) is 0 Å². The van der Waals surface area contributed by atoms with Gasteiger partial charge >= 0.3 is 17.9 Å². The van der Waals surface area contributed by atoms with Crippen molar-refractivity contribution < 1.29 is 28.6 Å². The Morgan fingerprint density at radius 3 is 0.803 bits per heavy atom. The van der Waals surface area contributed by atoms with Gasteiger partial charge in [-0.25, -0.2) is 0 Å². The van der Waals surface area contributed by atoms with Crippen molar-refractivity contribution in [2.45, 2.75) is 310 Å². The van der Waals surface area contributed by atoms with Gasteiger partial charge in [0.05, 0.1) is 0 Å². The van der Waals surface area contributed by atoms with Crippen LogP contribution in [-0.2, 0) is 28.6 Å². The SMILES string of the molecule is CCCCCCCCCCCCCCC(=O)O[C@@H](COC(=O)CCCCCCCCCCCCCCCCCCCCC(C)C)COC(=O)CCCCCCCCCC(C)C. The van der Waals surface area contributed by atoms with Gasteiger partial charge in [0.2, 0.25) is 0 Å². The van der Waals surface area contributed by atoms with Gasteiger partial charge in [-0.3, -0.25) is 14.4 Å². The van der Waals surface area contributed by atoms with Crippen LogP contribution in [0.3, 0.4) is 0 Å². The second-order valence-electron chi connectivity index (χ2n) is 19.8. The van der Waals surface area contributed by atoms with Crippen LogP contribution in [0.4, 0.5) is 0 Å². The summed E-state index contributed by atoms with van der Waals surface area (Å²) in [6.07, 6.45) is 49.6. The molecule has 0 aromatic rings. The quantitative estimate of drug-likeness (QED) is 0.0344. The number of esters is 3. The van der Waals surface area contributed by atoms with Crippen LogP contribution >= 0.6 is 0 Å². The molecule has 0 bridgehead atoms. The Hall–Kier alpha value is -1.59. The molecule has 0 aromatic heterocycles. The number of hydrogen-bond acceptors (Lipinski definition) is 6. The lowest BCUT2D eigenvalue weighted by Crippen LogP contribution is -2.30. The zero-order valence-corrected chi connectivity index (χ0v) is 41.8. The van der Waals surface area contributed by atoms with E-state index in [0.29, 0.717) is 19.3 Å². The van der Waals surface area contributed by atoms with Crippen LogP contribution in [0.2, 0.25) is 0 Å². The predicted molar refractivity (Wildman–Crippen MR) is 261 cm³/mol. The molecule has 0 aliphatic carbocycles. The Kier molecular flexibility index (Phi) is 46.6. The van der Waals surface area contributed by atoms with E-state index in [1.54, 1.807) is 0 Å². The third-order valence-electron chi connectivity index (χ3n) is 12.5. The number of rotatable bonds is 49. The molecule has 0 radical (unpaired) electrons. The van der Waals surface area contributed by atoms with Crippen molar-refractivity contribution in [1.29, 1.82) is 0 Å². The zero-order chi connectivity index (χ0) is 44.7. The van der Waals surface area contributed by atoms with Crippen LogP contribution in [0.5, 0.6) is 0 Å². The Labute approximate surface area is 380 Å². The zero-order valence-electron chi connectivity index (χ0n) is 41.8. The summed E-state index contributed by atoms with van der Waals surface area (Å²) in [5.74, 6) is 0.793. The van der Waals surface area contributed by atoms with E-state index in [2.05, 4.69) is 34.6 Å². The van der Waals surface area contributed by atoms with E-state index in [0.717, 1.165) is 69.6 Å². The van der Waals surface area contributed by atoms with Crippen molar-refractivity contribution in [2.24, 2.45) is 11.8 Å². The largest absolute Gasteiger partial charge is 0.462 e. The third kappa shape index (κ3) is 49.3. The molecule has 0 aliphatic heterocycles. The van der Waals surface area contributed by atoms with Gasteiger partial charge in [-0.2, -0.15) is 0 Å². The number of carbonyl (C=O) groups excluding carboxylic acids is 3. The van der Waals surface area contributed by atoms with Crippen LogP contribution in [0.25, 0.3) is 0 Å². The van der Waals surface area contributed by atoms with Crippen LogP contribution < -0.4 is 0 Å². The van der Waals surface area contributed by atoms with Crippen molar-refractivity contribution in [3.05, 3.63) is 0 Å². The molecule has 0 fully saturated rings. The molecule has 0 amide bonds. The molecule has 0 heterocycles. The molecule has 6 heteroatoms. The smallest absolute Gasteiger partial charge is 0.306 e. The highest BCUT2D eigenvalue weighted by atomic mass is 16.6. The molecule has 0 spiro atoms. The summed E-state index contributed by atoms with van der Waals surface area (Å²) in [6, 6.07) is 0. The molecule has 0 N–H and O–H groups in total. The van der Waals surface area contributed by atoms with E-state index in [1.165, 1.54) is 193 Å². The van der Waals surface area contributed by atoms with Gasteiger partial charge in [-0.05, 0) is 31.1 Å². The second kappa shape index (κ2) is 47.9. The van der Waals surface area contributed by atoms with E-state index in [-0.39, 0.29) is 31.1 Å². The Morgan fingerprint density at radius 1 is 0.311 bits per heavy atom. The molecule has 1 atom stereocenters. The van der Waals surface area contributed by atoms with Crippen LogP contribution in [0, 0.1) is 11.8 Å². The third-order valence-corrected chi connectivity index (χ3v) is 12.5. The maximum absolute atomic E-state index is 12.8. The standard InChI is InChI=1S/C55H106O6/c1-6-7-8-9-10-11-12-22-26-31-37-42-47-55(58)61-52(49-60-54(57)46-41-36-32-27-29-34-39-44-51(4)5)48-59-53(56)45-40-35-30-25-23-20-18-16-14-13-15-17-19-21-24-28-33-38-43-50(2)3/h50-52H,6-49H2,1-5H3/t52-/m0/s1. The summed E-state index contributed by atoms with van der Waals surface area (Å²) < 4.78 is 16.8. The highest BCUT2D eigenvalue weighted by Gasteiger charge is 2.19. The first kappa shape index (κ1) is 59.4. The summed E-state index contributed by atoms with van der Waals surface area (Å²) in [4.78, 5) is 37.9. The van der Waals surface area contributed by atoms with Crippen molar-refractivity contribution in [3.8, 4) is 0 Å². The molecule has 0 rings (SSSR count). The Bertz CT molecular complexity index is 931. The van der Waals surface area contributed by atoms with Crippen molar-refractivity contribution >= 4 is 17.9 Å². The van der Waals surface area contributed by atoms with E-state index in [1.807, 2.05) is 0 Å². The van der Waals surface area contributed by atoms with Crippen molar-refractivity contribution in [2.75, 3.05) is 13.2 Å². The summed E-state index contributed by atoms with van der Waals surface area (Å²) in [6.45, 7) is 11.4. The van der Waals surface area contributed by atoms with E-state index in [4.69, 9.17) is 14.2 Å². The Balaban J connectivity index is 4.19. The molecule has 362 valence electrons. The maximum Gasteiger partial charge on any atom is 0.306 e. The average Bonchev–Trinajstić information content (AvgIpc) is 3.23. The first-order chi connectivity index (χ1) is 29.7. The van der Waals surface area contributed by atoms with Crippen LogP contribution in [0.1, 0.15) is 304 Å². The van der Waals surface area contributed by atoms with Gasteiger partial charge in [-0.1, -0.05) is 266 Å². The fourth-order valence-electron chi connectivity index (χ4n) is 8.34. The van der Waals surface area contributed by atoms with Crippen LogP contribution in [-0.4, -0.2) is 37.2 Å². The van der Waals surface area contributed by atoms with Crippen molar-refractivity contribution in [3.63, 3.8) is 0 Å². The highest BCUT2D eigenvalue weighted by molar-refractivity contribution is 5.71. The fraction of sp³-hybridized carbons (Fsp3) is 0.945. The molecule has 6 nitrogen and oxygen atoms in total. The summed E-state index contributed by atoms with van der Waals surface area (Å²) in [5.41, 5.74) is 0. The monoisotopic (exact) mass is 863 g/mol. The number of carbonyl (C=O) groups is 3. The van der Waals surface area contributed by atoms with Crippen molar-refractivity contribution in [1.82, 2.24) is 0 Å².